The molecule has 2 aromatic heterocycles. The lowest BCUT2D eigenvalue weighted by atomic mass is 10.0. The molecule has 4 nitrogen and oxygen atoms in total. The Labute approximate surface area is 129 Å². The molecule has 108 valence electrons. The van der Waals surface area contributed by atoms with Crippen LogP contribution >= 0.6 is 11.3 Å². The molecular weight excluding hydrogens is 298 g/mol. The molecule has 3 aromatic rings. The molecule has 5 heteroatoms. The molecule has 0 fully saturated rings. The summed E-state index contributed by atoms with van der Waals surface area (Å²) in [5.41, 5.74) is 2.74. The summed E-state index contributed by atoms with van der Waals surface area (Å²) in [5.74, 6) is -1.01. The number of carboxylic acid groups (broad SMARTS) is 1. The lowest BCUT2D eigenvalue weighted by molar-refractivity contribution is 0.0697. The van der Waals surface area contributed by atoms with Crippen molar-refractivity contribution in [3.63, 3.8) is 0 Å². The molecule has 0 saturated carbocycles. The topological polar surface area (TPSA) is 59.3 Å². The van der Waals surface area contributed by atoms with E-state index >= 15 is 0 Å². The van der Waals surface area contributed by atoms with Gasteiger partial charge < -0.3 is 9.67 Å². The monoisotopic (exact) mass is 309 g/mol. The number of carbonyl (C=O) groups is 1. The van der Waals surface area contributed by atoms with Gasteiger partial charge in [-0.1, -0.05) is 30.3 Å². The van der Waals surface area contributed by atoms with Crippen LogP contribution in [0.4, 0.5) is 0 Å². The fraction of sp³-hybridized carbons (Fsp3) is 0.0588. The molecule has 0 spiro atoms. The first-order valence-electron chi connectivity index (χ1n) is 6.80. The molecule has 1 aliphatic rings. The second-order valence-corrected chi connectivity index (χ2v) is 6.07. The van der Waals surface area contributed by atoms with Gasteiger partial charge in [-0.05, 0) is 28.6 Å². The van der Waals surface area contributed by atoms with Crippen LogP contribution in [0.5, 0.6) is 0 Å². The molecule has 1 aromatic carbocycles. The summed E-state index contributed by atoms with van der Waals surface area (Å²) in [6, 6.07) is 12.6. The average molecular weight is 309 g/mol. The van der Waals surface area contributed by atoms with Crippen LogP contribution in [0, 0.1) is 0 Å². The van der Waals surface area contributed by atoms with E-state index in [1.807, 2.05) is 41.8 Å². The number of nitrogens with zero attached hydrogens (tertiary/aromatic N) is 1. The van der Waals surface area contributed by atoms with Crippen molar-refractivity contribution >= 4 is 17.3 Å². The van der Waals surface area contributed by atoms with E-state index in [1.54, 1.807) is 4.57 Å². The number of aromatic nitrogens is 1. The van der Waals surface area contributed by atoms with Crippen LogP contribution in [0.2, 0.25) is 0 Å². The van der Waals surface area contributed by atoms with E-state index in [2.05, 4.69) is 0 Å². The molecule has 1 N–H and O–H groups in total. The minimum Gasteiger partial charge on any atom is -0.478 e. The molecular formula is C17H11NO3S. The zero-order valence-electron chi connectivity index (χ0n) is 11.4. The molecule has 0 amide bonds. The van der Waals surface area contributed by atoms with Crippen molar-refractivity contribution in [2.45, 2.75) is 6.54 Å². The number of carboxylic acids is 1. The smallest absolute Gasteiger partial charge is 0.337 e. The number of rotatable bonds is 2. The summed E-state index contributed by atoms with van der Waals surface area (Å²) in [5, 5.41) is 11.5. The number of aromatic carboxylic acids is 1. The van der Waals surface area contributed by atoms with Gasteiger partial charge in [0, 0.05) is 5.56 Å². The minimum atomic E-state index is -1.01. The van der Waals surface area contributed by atoms with Crippen molar-refractivity contribution in [3.05, 3.63) is 69.3 Å². The van der Waals surface area contributed by atoms with Crippen LogP contribution in [0.25, 0.3) is 21.7 Å². The van der Waals surface area contributed by atoms with Gasteiger partial charge in [-0.2, -0.15) is 0 Å². The van der Waals surface area contributed by atoms with E-state index < -0.39 is 5.97 Å². The molecule has 0 aliphatic carbocycles. The molecule has 0 saturated heterocycles. The van der Waals surface area contributed by atoms with Gasteiger partial charge in [-0.25, -0.2) is 4.79 Å². The Hall–Kier alpha value is -2.66. The fourth-order valence-electron chi connectivity index (χ4n) is 2.89. The van der Waals surface area contributed by atoms with E-state index in [-0.39, 0.29) is 11.1 Å². The molecule has 0 atom stereocenters. The standard InChI is InChI=1S/C17H11NO3S/c19-16-12(10-4-2-1-3-5-10)8-13(17(20)21)14-15-11(6-7-22-15)9-18(14)16/h1-8H,9H2,(H,20,21). The van der Waals surface area contributed by atoms with E-state index in [0.717, 1.165) is 16.0 Å². The summed E-state index contributed by atoms with van der Waals surface area (Å²) < 4.78 is 1.58. The van der Waals surface area contributed by atoms with Gasteiger partial charge in [0.25, 0.3) is 5.56 Å². The lowest BCUT2D eigenvalue weighted by Crippen LogP contribution is -2.23. The predicted octanol–water partition coefficient (Wildman–Crippen LogP) is 3.30. The van der Waals surface area contributed by atoms with Crippen molar-refractivity contribution in [2.75, 3.05) is 0 Å². The molecule has 1 aliphatic heterocycles. The third kappa shape index (κ3) is 1.76. The number of thiophene rings is 1. The highest BCUT2D eigenvalue weighted by atomic mass is 32.1. The highest BCUT2D eigenvalue weighted by molar-refractivity contribution is 7.13. The molecule has 3 heterocycles. The number of fused-ring (bicyclic) bond motifs is 3. The number of pyridine rings is 1. The van der Waals surface area contributed by atoms with Crippen molar-refractivity contribution in [2.24, 2.45) is 0 Å². The third-order valence-corrected chi connectivity index (χ3v) is 4.86. The van der Waals surface area contributed by atoms with Crippen molar-refractivity contribution in [3.8, 4) is 21.7 Å². The number of hydrogen-bond donors (Lipinski definition) is 1. The zero-order valence-corrected chi connectivity index (χ0v) is 12.3. The van der Waals surface area contributed by atoms with Gasteiger partial charge in [0.15, 0.2) is 0 Å². The van der Waals surface area contributed by atoms with Gasteiger partial charge in [0.2, 0.25) is 0 Å². The fourth-order valence-corrected chi connectivity index (χ4v) is 3.87. The maximum absolute atomic E-state index is 12.8. The Morgan fingerprint density at radius 1 is 1.18 bits per heavy atom. The van der Waals surface area contributed by atoms with Crippen molar-refractivity contribution < 1.29 is 9.90 Å². The summed E-state index contributed by atoms with van der Waals surface area (Å²) in [6.07, 6.45) is 0. The summed E-state index contributed by atoms with van der Waals surface area (Å²) in [6.45, 7) is 0.438. The lowest BCUT2D eigenvalue weighted by Gasteiger charge is -2.11. The Morgan fingerprint density at radius 2 is 1.95 bits per heavy atom. The molecule has 22 heavy (non-hydrogen) atoms. The van der Waals surface area contributed by atoms with Crippen LogP contribution in [0.1, 0.15) is 15.9 Å². The maximum Gasteiger partial charge on any atom is 0.337 e. The van der Waals surface area contributed by atoms with Crippen LogP contribution in [0.3, 0.4) is 0 Å². The van der Waals surface area contributed by atoms with Gasteiger partial charge in [-0.3, -0.25) is 4.79 Å². The average Bonchev–Trinajstić information content (AvgIpc) is 3.10. The zero-order chi connectivity index (χ0) is 15.3. The normalized spacial score (nSPS) is 12.0. The van der Waals surface area contributed by atoms with Crippen LogP contribution < -0.4 is 5.56 Å². The Balaban J connectivity index is 2.06. The van der Waals surface area contributed by atoms with E-state index in [0.29, 0.717) is 17.8 Å². The summed E-state index contributed by atoms with van der Waals surface area (Å²) in [4.78, 5) is 25.3. The number of benzene rings is 1. The molecule has 0 radical (unpaired) electrons. The molecule has 0 unspecified atom stereocenters. The Morgan fingerprint density at radius 3 is 2.68 bits per heavy atom. The van der Waals surface area contributed by atoms with Crippen LogP contribution in [-0.4, -0.2) is 15.6 Å². The largest absolute Gasteiger partial charge is 0.478 e. The minimum absolute atomic E-state index is 0.144. The van der Waals surface area contributed by atoms with Crippen LogP contribution in [0.15, 0.2) is 52.6 Å². The van der Waals surface area contributed by atoms with Gasteiger partial charge in [-0.15, -0.1) is 11.3 Å². The highest BCUT2D eigenvalue weighted by Crippen LogP contribution is 2.38. The van der Waals surface area contributed by atoms with Crippen molar-refractivity contribution in [1.29, 1.82) is 0 Å². The first kappa shape index (κ1) is 13.0. The Kier molecular flexibility index (Phi) is 2.77. The molecule has 4 rings (SSSR count). The number of hydrogen-bond acceptors (Lipinski definition) is 3. The SMILES string of the molecule is O=C(O)c1cc(-c2ccccc2)c(=O)n2c1-c1sccc1C2. The second-order valence-electron chi connectivity index (χ2n) is 5.16. The van der Waals surface area contributed by atoms with Gasteiger partial charge >= 0.3 is 5.97 Å². The van der Waals surface area contributed by atoms with Crippen molar-refractivity contribution in [1.82, 2.24) is 4.57 Å². The second kappa shape index (κ2) is 4.68. The third-order valence-electron chi connectivity index (χ3n) is 3.89. The highest BCUT2D eigenvalue weighted by Gasteiger charge is 2.28. The first-order chi connectivity index (χ1) is 10.7. The quantitative estimate of drug-likeness (QED) is 0.618. The maximum atomic E-state index is 12.8. The first-order valence-corrected chi connectivity index (χ1v) is 7.68. The summed E-state index contributed by atoms with van der Waals surface area (Å²) >= 11 is 1.47. The van der Waals surface area contributed by atoms with E-state index in [1.165, 1.54) is 17.4 Å². The van der Waals surface area contributed by atoms with Crippen LogP contribution in [-0.2, 0) is 6.54 Å². The van der Waals surface area contributed by atoms with Gasteiger partial charge in [0.05, 0.1) is 22.7 Å². The van der Waals surface area contributed by atoms with E-state index in [9.17, 15) is 14.7 Å². The summed E-state index contributed by atoms with van der Waals surface area (Å²) in [7, 11) is 0. The van der Waals surface area contributed by atoms with Gasteiger partial charge in [0.1, 0.15) is 0 Å². The predicted molar refractivity (Wildman–Crippen MR) is 85.5 cm³/mol. The Bertz CT molecular complexity index is 954. The van der Waals surface area contributed by atoms with E-state index in [4.69, 9.17) is 0 Å². The molecule has 0 bridgehead atoms.